The molecule has 0 amide bonds. The van der Waals surface area contributed by atoms with E-state index in [1.165, 1.54) is 0 Å². The van der Waals surface area contributed by atoms with Crippen molar-refractivity contribution >= 4 is 34.1 Å². The number of ether oxygens (including phenoxy) is 1. The highest BCUT2D eigenvalue weighted by atomic mass is 127. The molecule has 0 saturated heterocycles. The highest BCUT2D eigenvalue weighted by molar-refractivity contribution is 14.0. The highest BCUT2D eigenvalue weighted by Crippen LogP contribution is 2.31. The normalized spacial score (nSPS) is 10.5. The molecular formula is C14H15IO4S. The molecule has 0 aliphatic carbocycles. The minimum atomic E-state index is -3.55. The van der Waals surface area contributed by atoms with Crippen LogP contribution in [0.2, 0.25) is 0 Å². The number of para-hydroxylation sites is 1. The van der Waals surface area contributed by atoms with Crippen molar-refractivity contribution in [2.24, 2.45) is 0 Å². The minimum absolute atomic E-state index is 0. The zero-order valence-corrected chi connectivity index (χ0v) is 14.2. The maximum absolute atomic E-state index is 11.2. The van der Waals surface area contributed by atoms with Crippen LogP contribution in [-0.4, -0.2) is 21.8 Å². The van der Waals surface area contributed by atoms with Gasteiger partial charge >= 0.3 is 10.1 Å². The number of hydrogen-bond acceptors (Lipinski definition) is 4. The zero-order valence-electron chi connectivity index (χ0n) is 11.1. The Balaban J connectivity index is 0.00000200. The quantitative estimate of drug-likeness (QED) is 0.578. The van der Waals surface area contributed by atoms with Crippen LogP contribution in [0, 0.1) is 0 Å². The van der Waals surface area contributed by atoms with E-state index in [4.69, 9.17) is 8.92 Å². The lowest BCUT2D eigenvalue weighted by molar-refractivity contribution is 0.415. The molecule has 2 rings (SSSR count). The standard InChI is InChI=1S/C14H14O4S.HI/c1-17-12-9-7-11(8-10-12)13-5-3-4-6-14(13)18-19(2,15)16;/h3-10H,1-2H3;1H. The highest BCUT2D eigenvalue weighted by Gasteiger charge is 2.10. The summed E-state index contributed by atoms with van der Waals surface area (Å²) in [5, 5.41) is 0. The second kappa shape index (κ2) is 6.94. The van der Waals surface area contributed by atoms with E-state index >= 15 is 0 Å². The van der Waals surface area contributed by atoms with E-state index in [0.717, 1.165) is 23.1 Å². The van der Waals surface area contributed by atoms with E-state index in [1.54, 1.807) is 19.2 Å². The smallest absolute Gasteiger partial charge is 0.306 e. The molecule has 0 unspecified atom stereocenters. The first kappa shape index (κ1) is 16.8. The predicted molar refractivity (Wildman–Crippen MR) is 89.3 cm³/mol. The molecule has 0 fully saturated rings. The van der Waals surface area contributed by atoms with Crippen LogP contribution in [0.15, 0.2) is 48.5 Å². The first-order valence-corrected chi connectivity index (χ1v) is 7.44. The zero-order chi connectivity index (χ0) is 13.9. The van der Waals surface area contributed by atoms with E-state index in [1.807, 2.05) is 36.4 Å². The second-order valence-corrected chi connectivity index (χ2v) is 5.59. The van der Waals surface area contributed by atoms with Crippen LogP contribution in [0.4, 0.5) is 0 Å². The number of rotatable bonds is 4. The summed E-state index contributed by atoms with van der Waals surface area (Å²) in [6, 6.07) is 14.3. The number of methoxy groups -OCH3 is 1. The van der Waals surface area contributed by atoms with E-state index in [-0.39, 0.29) is 24.0 Å². The Morgan fingerprint density at radius 2 is 1.55 bits per heavy atom. The lowest BCUT2D eigenvalue weighted by atomic mass is 10.0. The second-order valence-electron chi connectivity index (χ2n) is 4.01. The average Bonchev–Trinajstić information content (AvgIpc) is 2.38. The SMILES string of the molecule is COc1ccc(-c2ccccc2OS(C)(=O)=O)cc1.I. The van der Waals surface area contributed by atoms with Crippen LogP contribution in [-0.2, 0) is 10.1 Å². The molecule has 0 aliphatic heterocycles. The van der Waals surface area contributed by atoms with Crippen molar-refractivity contribution in [2.75, 3.05) is 13.4 Å². The lowest BCUT2D eigenvalue weighted by Crippen LogP contribution is -2.06. The van der Waals surface area contributed by atoms with E-state index in [2.05, 4.69) is 0 Å². The maximum atomic E-state index is 11.2. The Hall–Kier alpha value is -1.28. The molecule has 0 spiro atoms. The maximum Gasteiger partial charge on any atom is 0.306 e. The van der Waals surface area contributed by atoms with Crippen molar-refractivity contribution in [2.45, 2.75) is 0 Å². The summed E-state index contributed by atoms with van der Waals surface area (Å²) in [6.45, 7) is 0. The van der Waals surface area contributed by atoms with Gasteiger partial charge in [0.05, 0.1) is 13.4 Å². The third-order valence-electron chi connectivity index (χ3n) is 2.53. The summed E-state index contributed by atoms with van der Waals surface area (Å²) in [5.41, 5.74) is 1.58. The molecule has 0 atom stereocenters. The van der Waals surface area contributed by atoms with E-state index in [9.17, 15) is 8.42 Å². The average molecular weight is 406 g/mol. The Bertz CT molecular complexity index is 666. The van der Waals surface area contributed by atoms with Crippen LogP contribution in [0.5, 0.6) is 11.5 Å². The molecular weight excluding hydrogens is 391 g/mol. The van der Waals surface area contributed by atoms with Crippen molar-refractivity contribution in [3.05, 3.63) is 48.5 Å². The summed E-state index contributed by atoms with van der Waals surface area (Å²) in [7, 11) is -1.95. The van der Waals surface area contributed by atoms with Gasteiger partial charge < -0.3 is 8.92 Å². The fourth-order valence-electron chi connectivity index (χ4n) is 1.71. The van der Waals surface area contributed by atoms with Crippen LogP contribution >= 0.6 is 24.0 Å². The third kappa shape index (κ3) is 4.38. The molecule has 0 bridgehead atoms. The van der Waals surface area contributed by atoms with E-state index < -0.39 is 10.1 Å². The Morgan fingerprint density at radius 3 is 2.10 bits per heavy atom. The summed E-state index contributed by atoms with van der Waals surface area (Å²) in [5.74, 6) is 1.06. The molecule has 0 saturated carbocycles. The molecule has 0 aromatic heterocycles. The minimum Gasteiger partial charge on any atom is -0.497 e. The molecule has 4 nitrogen and oxygen atoms in total. The van der Waals surface area contributed by atoms with Crippen molar-refractivity contribution in [3.8, 4) is 22.6 Å². The van der Waals surface area contributed by atoms with Crippen LogP contribution in [0.1, 0.15) is 0 Å². The van der Waals surface area contributed by atoms with Crippen molar-refractivity contribution in [1.29, 1.82) is 0 Å². The lowest BCUT2D eigenvalue weighted by Gasteiger charge is -2.10. The van der Waals surface area contributed by atoms with Crippen molar-refractivity contribution < 1.29 is 17.3 Å². The fourth-order valence-corrected chi connectivity index (χ4v) is 2.18. The van der Waals surface area contributed by atoms with Crippen LogP contribution in [0.3, 0.4) is 0 Å². The van der Waals surface area contributed by atoms with Gasteiger partial charge in [0.15, 0.2) is 0 Å². The van der Waals surface area contributed by atoms with Gasteiger partial charge in [-0.05, 0) is 23.8 Å². The third-order valence-corrected chi connectivity index (χ3v) is 3.01. The molecule has 0 radical (unpaired) electrons. The molecule has 2 aromatic carbocycles. The Morgan fingerprint density at radius 1 is 0.950 bits per heavy atom. The van der Waals surface area contributed by atoms with Gasteiger partial charge in [0.1, 0.15) is 11.5 Å². The Labute approximate surface area is 135 Å². The summed E-state index contributed by atoms with van der Waals surface area (Å²) in [4.78, 5) is 0. The Kier molecular flexibility index (Phi) is 5.82. The summed E-state index contributed by atoms with van der Waals surface area (Å²) >= 11 is 0. The van der Waals surface area contributed by atoms with Gasteiger partial charge in [0, 0.05) is 5.56 Å². The first-order chi connectivity index (χ1) is 8.99. The molecule has 6 heteroatoms. The topological polar surface area (TPSA) is 52.6 Å². The monoisotopic (exact) mass is 406 g/mol. The number of hydrogen-bond donors (Lipinski definition) is 0. The summed E-state index contributed by atoms with van der Waals surface area (Å²) < 4.78 is 32.6. The van der Waals surface area contributed by atoms with Gasteiger partial charge in [-0.15, -0.1) is 24.0 Å². The molecule has 20 heavy (non-hydrogen) atoms. The first-order valence-electron chi connectivity index (χ1n) is 5.62. The van der Waals surface area contributed by atoms with E-state index in [0.29, 0.717) is 5.75 Å². The molecule has 0 heterocycles. The van der Waals surface area contributed by atoms with Gasteiger partial charge in [-0.2, -0.15) is 8.42 Å². The van der Waals surface area contributed by atoms with Crippen molar-refractivity contribution in [3.63, 3.8) is 0 Å². The van der Waals surface area contributed by atoms with Crippen LogP contribution in [0.25, 0.3) is 11.1 Å². The molecule has 0 aliphatic rings. The van der Waals surface area contributed by atoms with Gasteiger partial charge in [0.2, 0.25) is 0 Å². The molecule has 108 valence electrons. The molecule has 0 N–H and O–H groups in total. The number of halogens is 1. The number of benzene rings is 2. The van der Waals surface area contributed by atoms with Gasteiger partial charge in [-0.3, -0.25) is 0 Å². The van der Waals surface area contributed by atoms with Gasteiger partial charge in [-0.25, -0.2) is 0 Å². The van der Waals surface area contributed by atoms with Crippen LogP contribution < -0.4 is 8.92 Å². The largest absolute Gasteiger partial charge is 0.497 e. The fraction of sp³-hybridized carbons (Fsp3) is 0.143. The van der Waals surface area contributed by atoms with Crippen molar-refractivity contribution in [1.82, 2.24) is 0 Å². The summed E-state index contributed by atoms with van der Waals surface area (Å²) in [6.07, 6.45) is 1.03. The molecule has 2 aromatic rings. The van der Waals surface area contributed by atoms with Gasteiger partial charge in [-0.1, -0.05) is 30.3 Å². The van der Waals surface area contributed by atoms with Gasteiger partial charge in [0.25, 0.3) is 0 Å². The predicted octanol–water partition coefficient (Wildman–Crippen LogP) is 3.32.